The van der Waals surface area contributed by atoms with E-state index in [4.69, 9.17) is 0 Å². The Kier molecular flexibility index (Phi) is 5.57. The van der Waals surface area contributed by atoms with Crippen LogP contribution in [0.15, 0.2) is 24.3 Å². The van der Waals surface area contributed by atoms with Gasteiger partial charge in [0.15, 0.2) is 0 Å². The summed E-state index contributed by atoms with van der Waals surface area (Å²) < 4.78 is 1.05. The van der Waals surface area contributed by atoms with Gasteiger partial charge in [0.1, 0.15) is 0 Å². The minimum absolute atomic E-state index is 0. The fourth-order valence-corrected chi connectivity index (χ4v) is 1.32. The Hall–Kier alpha value is -0.0300. The number of nitro groups is 1. The van der Waals surface area contributed by atoms with E-state index in [2.05, 4.69) is 0 Å². The van der Waals surface area contributed by atoms with E-state index in [-0.39, 0.29) is 24.1 Å². The summed E-state index contributed by atoms with van der Waals surface area (Å²) in [5.41, 5.74) is 1.35. The molecule has 60 valence electrons. The van der Waals surface area contributed by atoms with E-state index in [1.807, 2.05) is 12.1 Å². The second kappa shape index (κ2) is 5.59. The van der Waals surface area contributed by atoms with Gasteiger partial charge in [-0.25, -0.2) is 0 Å². The van der Waals surface area contributed by atoms with Crippen LogP contribution in [0, 0.1) is 10.1 Å². The van der Waals surface area contributed by atoms with Crippen molar-refractivity contribution < 1.29 is 4.92 Å². The Morgan fingerprint density at radius 1 is 1.33 bits per heavy atom. The van der Waals surface area contributed by atoms with Crippen LogP contribution in [0.3, 0.4) is 0 Å². The quantitative estimate of drug-likeness (QED) is 0.404. The summed E-state index contributed by atoms with van der Waals surface area (Å²) >= 11 is 1.10. The van der Waals surface area contributed by atoms with Crippen molar-refractivity contribution in [1.82, 2.24) is 0 Å². The third-order valence-corrected chi connectivity index (χ3v) is 2.37. The van der Waals surface area contributed by atoms with E-state index in [0.29, 0.717) is 0 Å². The summed E-state index contributed by atoms with van der Waals surface area (Å²) in [5.74, 6) is 0. The molecule has 0 fully saturated rings. The largest absolute Gasteiger partial charge is 0.197 e. The number of nitro benzene ring substituents is 1. The van der Waals surface area contributed by atoms with Crippen molar-refractivity contribution in [3.63, 3.8) is 0 Å². The third-order valence-electron chi connectivity index (χ3n) is 1.56. The molecule has 0 saturated carbocycles. The molecular formula is C7H8NNaO2S. The minimum Gasteiger partial charge on any atom is -0.197 e. The van der Waals surface area contributed by atoms with Crippen LogP contribution >= 0.6 is 13.5 Å². The summed E-state index contributed by atoms with van der Waals surface area (Å²) in [6, 6.07) is 6.72. The van der Waals surface area contributed by atoms with Crippen LogP contribution < -0.4 is 0 Å². The summed E-state index contributed by atoms with van der Waals surface area (Å²) in [6.45, 7) is 0. The van der Waals surface area contributed by atoms with Crippen molar-refractivity contribution in [3.8, 4) is 0 Å². The molecule has 12 heavy (non-hydrogen) atoms. The Morgan fingerprint density at radius 3 is 2.17 bits per heavy atom. The Balaban J connectivity index is 0.00000121. The SMILES string of the molecule is O=[N+]([O-])c1ccc([CH2][Na])cc1.S. The van der Waals surface area contributed by atoms with E-state index in [9.17, 15) is 10.1 Å². The van der Waals surface area contributed by atoms with Crippen molar-refractivity contribution in [1.29, 1.82) is 0 Å². The molecule has 0 saturated heterocycles. The third kappa shape index (κ3) is 3.15. The number of rotatable bonds is 2. The Bertz CT molecular complexity index is 263. The molecular weight excluding hydrogens is 185 g/mol. The number of hydrogen-bond donors (Lipinski definition) is 0. The molecule has 0 aliphatic carbocycles. The first-order chi connectivity index (χ1) is 5.24. The van der Waals surface area contributed by atoms with E-state index >= 15 is 0 Å². The van der Waals surface area contributed by atoms with Gasteiger partial charge in [0.05, 0.1) is 0 Å². The molecule has 0 N–H and O–H groups in total. The number of hydrogen-bond acceptors (Lipinski definition) is 2. The molecule has 0 radical (unpaired) electrons. The molecule has 0 unspecified atom stereocenters. The first-order valence-corrected chi connectivity index (χ1v) is 4.88. The van der Waals surface area contributed by atoms with Gasteiger partial charge in [-0.15, -0.1) is 0 Å². The zero-order valence-electron chi connectivity index (χ0n) is 6.78. The number of benzene rings is 1. The van der Waals surface area contributed by atoms with Crippen LogP contribution in [0.2, 0.25) is 0 Å². The molecule has 0 bridgehead atoms. The zero-order valence-corrected chi connectivity index (χ0v) is 9.78. The topological polar surface area (TPSA) is 43.1 Å². The first kappa shape index (κ1) is 12.0. The number of nitrogens with zero attached hydrogens (tertiary/aromatic N) is 1. The van der Waals surface area contributed by atoms with Gasteiger partial charge < -0.3 is 0 Å². The van der Waals surface area contributed by atoms with Gasteiger partial charge in [0.25, 0.3) is 0 Å². The average Bonchev–Trinajstić information content (AvgIpc) is 2.05. The van der Waals surface area contributed by atoms with E-state index in [0.717, 1.165) is 31.6 Å². The molecule has 0 amide bonds. The minimum atomic E-state index is -0.378. The van der Waals surface area contributed by atoms with Gasteiger partial charge in [-0.3, -0.25) is 0 Å². The Labute approximate surface area is 95.2 Å². The first-order valence-electron chi connectivity index (χ1n) is 3.47. The van der Waals surface area contributed by atoms with Gasteiger partial charge in [0, 0.05) is 0 Å². The molecule has 0 spiro atoms. The van der Waals surface area contributed by atoms with Crippen LogP contribution in [0.1, 0.15) is 5.56 Å². The second-order valence-corrected chi connectivity index (χ2v) is 2.98. The van der Waals surface area contributed by atoms with Gasteiger partial charge in [-0.05, 0) is 0 Å². The van der Waals surface area contributed by atoms with Crippen LogP contribution in [0.4, 0.5) is 5.69 Å². The van der Waals surface area contributed by atoms with Crippen molar-refractivity contribution in [2.75, 3.05) is 0 Å². The van der Waals surface area contributed by atoms with Gasteiger partial charge in [-0.1, -0.05) is 0 Å². The van der Waals surface area contributed by atoms with E-state index in [1.165, 1.54) is 5.56 Å². The summed E-state index contributed by atoms with van der Waals surface area (Å²) in [4.78, 5) is 9.84. The molecule has 0 aromatic heterocycles. The van der Waals surface area contributed by atoms with Crippen molar-refractivity contribution >= 4 is 47.1 Å². The maximum atomic E-state index is 10.2. The molecule has 1 rings (SSSR count). The molecule has 0 heterocycles. The molecule has 0 atom stereocenters. The maximum absolute atomic E-state index is 10.2. The molecule has 0 aliphatic heterocycles. The standard InChI is InChI=1S/C7H6NO2.Na.H2S/c1-6-2-4-7(5-3-6)8(9)10;;/h2-5H,1H2;;1H2. The van der Waals surface area contributed by atoms with Gasteiger partial charge in [0.2, 0.25) is 0 Å². The van der Waals surface area contributed by atoms with Crippen molar-refractivity contribution in [2.24, 2.45) is 0 Å². The van der Waals surface area contributed by atoms with Crippen molar-refractivity contribution in [2.45, 2.75) is 3.67 Å². The van der Waals surface area contributed by atoms with Crippen LogP contribution in [0.5, 0.6) is 0 Å². The molecule has 0 aliphatic rings. The summed E-state index contributed by atoms with van der Waals surface area (Å²) in [7, 11) is 0. The molecule has 3 nitrogen and oxygen atoms in total. The number of non-ortho nitro benzene ring substituents is 1. The molecule has 1 aromatic rings. The van der Waals surface area contributed by atoms with Gasteiger partial charge >= 0.3 is 82.2 Å². The molecule has 1 aromatic carbocycles. The van der Waals surface area contributed by atoms with Crippen LogP contribution in [0.25, 0.3) is 0 Å². The van der Waals surface area contributed by atoms with Crippen molar-refractivity contribution in [3.05, 3.63) is 39.9 Å². The van der Waals surface area contributed by atoms with E-state index in [1.54, 1.807) is 12.1 Å². The smallest absolute Gasteiger partial charge is 0.197 e. The fraction of sp³-hybridized carbons (Fsp3) is 0.143. The average molecular weight is 193 g/mol. The summed E-state index contributed by atoms with van der Waals surface area (Å²) in [5, 5.41) is 10.2. The van der Waals surface area contributed by atoms with Crippen LogP contribution in [-0.2, 0) is 3.67 Å². The summed E-state index contributed by atoms with van der Waals surface area (Å²) in [6.07, 6.45) is 0. The zero-order chi connectivity index (χ0) is 8.27. The van der Waals surface area contributed by atoms with Crippen LogP contribution in [-0.4, -0.2) is 32.9 Å². The predicted octanol–water partition coefficient (Wildman–Crippen LogP) is 1.38. The maximum Gasteiger partial charge on any atom is -0.197 e. The monoisotopic (exact) mass is 193 g/mol. The van der Waals surface area contributed by atoms with E-state index < -0.39 is 0 Å². The Morgan fingerprint density at radius 2 is 1.83 bits per heavy atom. The van der Waals surface area contributed by atoms with Gasteiger partial charge in [-0.2, -0.15) is 13.5 Å². The fourth-order valence-electron chi connectivity index (χ4n) is 0.853. The normalized spacial score (nSPS) is 8.83. The predicted molar refractivity (Wildman–Crippen MR) is 52.9 cm³/mol. The molecule has 5 heteroatoms. The second-order valence-electron chi connectivity index (χ2n) is 2.28.